The topological polar surface area (TPSA) is 36.1 Å². The van der Waals surface area contributed by atoms with Gasteiger partial charge in [-0.1, -0.05) is 18.0 Å². The number of nitrogens with one attached hydrogen (secondary N) is 1. The van der Waals surface area contributed by atoms with Crippen molar-refractivity contribution in [1.82, 2.24) is 9.88 Å². The summed E-state index contributed by atoms with van der Waals surface area (Å²) in [6.07, 6.45) is 3.80. The maximum Gasteiger partial charge on any atom is 0.253 e. The molecule has 0 unspecified atom stereocenters. The second-order valence-electron chi connectivity index (χ2n) is 4.00. The summed E-state index contributed by atoms with van der Waals surface area (Å²) in [7, 11) is 0. The number of aromatic amines is 1. The fraction of sp³-hybridized carbons (Fsp3) is 0.545. The Morgan fingerprint density at radius 1 is 1.27 bits per heavy atom. The van der Waals surface area contributed by atoms with Gasteiger partial charge in [-0.2, -0.15) is 0 Å². The summed E-state index contributed by atoms with van der Waals surface area (Å²) < 4.78 is 0. The minimum absolute atomic E-state index is 0.0620. The van der Waals surface area contributed by atoms with Gasteiger partial charge in [0.2, 0.25) is 0 Å². The van der Waals surface area contributed by atoms with Gasteiger partial charge >= 0.3 is 0 Å². The van der Waals surface area contributed by atoms with Crippen LogP contribution in [0.1, 0.15) is 24.8 Å². The van der Waals surface area contributed by atoms with E-state index in [1.165, 1.54) is 19.3 Å². The molecule has 1 aromatic heterocycles. The fourth-order valence-corrected chi connectivity index (χ4v) is 2.11. The van der Waals surface area contributed by atoms with Crippen molar-refractivity contribution in [2.45, 2.75) is 25.8 Å². The molecule has 1 saturated heterocycles. The van der Waals surface area contributed by atoms with Crippen LogP contribution >= 0.6 is 11.6 Å². The van der Waals surface area contributed by atoms with Crippen molar-refractivity contribution in [2.24, 2.45) is 0 Å². The van der Waals surface area contributed by atoms with Gasteiger partial charge in [0.25, 0.3) is 5.56 Å². The van der Waals surface area contributed by atoms with E-state index in [1.54, 1.807) is 6.07 Å². The summed E-state index contributed by atoms with van der Waals surface area (Å²) in [6.45, 7) is 2.94. The molecule has 1 aliphatic rings. The van der Waals surface area contributed by atoms with E-state index in [0.717, 1.165) is 25.2 Å². The number of halogens is 1. The maximum absolute atomic E-state index is 11.5. The molecule has 0 bridgehead atoms. The summed E-state index contributed by atoms with van der Waals surface area (Å²) in [5.41, 5.74) is 0.745. The third kappa shape index (κ3) is 2.83. The number of aromatic nitrogens is 1. The number of hydrogen-bond donors (Lipinski definition) is 1. The first-order chi connectivity index (χ1) is 7.25. The Labute approximate surface area is 94.1 Å². The Balaban J connectivity index is 2.06. The highest BCUT2D eigenvalue weighted by atomic mass is 35.5. The predicted molar refractivity (Wildman–Crippen MR) is 61.2 cm³/mol. The third-order valence-corrected chi connectivity index (χ3v) is 3.02. The van der Waals surface area contributed by atoms with E-state index in [-0.39, 0.29) is 5.56 Å². The van der Waals surface area contributed by atoms with Gasteiger partial charge in [-0.3, -0.25) is 9.69 Å². The molecule has 0 atom stereocenters. The quantitative estimate of drug-likeness (QED) is 0.784. The average Bonchev–Trinajstić information content (AvgIpc) is 2.24. The number of likely N-dealkylation sites (tertiary alicyclic amines) is 1. The summed E-state index contributed by atoms with van der Waals surface area (Å²) in [5, 5.41) is 0.405. The van der Waals surface area contributed by atoms with Crippen molar-refractivity contribution in [3.05, 3.63) is 33.2 Å². The number of nitrogens with zero attached hydrogens (tertiary/aromatic N) is 1. The van der Waals surface area contributed by atoms with Gasteiger partial charge in [-0.15, -0.1) is 0 Å². The van der Waals surface area contributed by atoms with E-state index in [4.69, 9.17) is 11.6 Å². The van der Waals surface area contributed by atoms with Gasteiger partial charge in [-0.25, -0.2) is 0 Å². The third-order valence-electron chi connectivity index (χ3n) is 2.80. The van der Waals surface area contributed by atoms with Crippen molar-refractivity contribution >= 4 is 11.6 Å². The minimum atomic E-state index is -0.0620. The van der Waals surface area contributed by atoms with Gasteiger partial charge in [0.15, 0.2) is 0 Å². The van der Waals surface area contributed by atoms with Crippen LogP contribution in [0.4, 0.5) is 0 Å². The molecule has 1 aromatic rings. The first kappa shape index (κ1) is 10.7. The Kier molecular flexibility index (Phi) is 3.44. The van der Waals surface area contributed by atoms with Gasteiger partial charge < -0.3 is 4.98 Å². The zero-order valence-electron chi connectivity index (χ0n) is 8.63. The van der Waals surface area contributed by atoms with Crippen molar-refractivity contribution in [1.29, 1.82) is 0 Å². The molecular formula is C11H15ClN2O. The monoisotopic (exact) mass is 226 g/mol. The van der Waals surface area contributed by atoms with Crippen LogP contribution in [0, 0.1) is 0 Å². The van der Waals surface area contributed by atoms with Gasteiger partial charge in [-0.05, 0) is 38.1 Å². The number of rotatable bonds is 2. The average molecular weight is 227 g/mol. The number of H-pyrrole nitrogens is 1. The van der Waals surface area contributed by atoms with Crippen molar-refractivity contribution in [3.8, 4) is 0 Å². The van der Waals surface area contributed by atoms with Crippen LogP contribution in [0.2, 0.25) is 5.15 Å². The summed E-state index contributed by atoms with van der Waals surface area (Å²) in [6, 6.07) is 3.55. The smallest absolute Gasteiger partial charge is 0.253 e. The van der Waals surface area contributed by atoms with Crippen LogP contribution in [-0.4, -0.2) is 23.0 Å². The summed E-state index contributed by atoms with van der Waals surface area (Å²) in [4.78, 5) is 16.5. The molecule has 3 nitrogen and oxygen atoms in total. The number of hydrogen-bond acceptors (Lipinski definition) is 2. The van der Waals surface area contributed by atoms with Crippen LogP contribution in [0.3, 0.4) is 0 Å². The Bertz CT molecular complexity index is 382. The summed E-state index contributed by atoms with van der Waals surface area (Å²) in [5.74, 6) is 0. The Hall–Kier alpha value is -0.800. The molecule has 82 valence electrons. The van der Waals surface area contributed by atoms with Crippen LogP contribution in [0.15, 0.2) is 16.9 Å². The molecule has 1 N–H and O–H groups in total. The SMILES string of the molecule is O=c1[nH]c(Cl)ccc1CN1CCCCC1. The highest BCUT2D eigenvalue weighted by Crippen LogP contribution is 2.11. The van der Waals surface area contributed by atoms with Crippen molar-refractivity contribution in [2.75, 3.05) is 13.1 Å². The molecule has 1 fully saturated rings. The molecule has 0 radical (unpaired) electrons. The highest BCUT2D eigenvalue weighted by molar-refractivity contribution is 6.29. The van der Waals surface area contributed by atoms with Crippen LogP contribution < -0.4 is 5.56 Å². The standard InChI is InChI=1S/C11H15ClN2O/c12-10-5-4-9(11(15)13-10)8-14-6-2-1-3-7-14/h4-5H,1-3,6-8H2,(H,13,15). The highest BCUT2D eigenvalue weighted by Gasteiger charge is 2.11. The molecule has 0 spiro atoms. The molecule has 2 heterocycles. The van der Waals surface area contributed by atoms with E-state index in [0.29, 0.717) is 5.15 Å². The molecule has 15 heavy (non-hydrogen) atoms. The van der Waals surface area contributed by atoms with Gasteiger partial charge in [0.1, 0.15) is 5.15 Å². The molecule has 0 amide bonds. The van der Waals surface area contributed by atoms with E-state index in [9.17, 15) is 4.79 Å². The summed E-state index contributed by atoms with van der Waals surface area (Å²) >= 11 is 5.69. The zero-order valence-corrected chi connectivity index (χ0v) is 9.39. The molecule has 1 aliphatic heterocycles. The van der Waals surface area contributed by atoms with Crippen LogP contribution in [-0.2, 0) is 6.54 Å². The lowest BCUT2D eigenvalue weighted by Gasteiger charge is -2.25. The maximum atomic E-state index is 11.5. The van der Waals surface area contributed by atoms with Crippen LogP contribution in [0.25, 0.3) is 0 Å². The lowest BCUT2D eigenvalue weighted by atomic mass is 10.1. The first-order valence-electron chi connectivity index (χ1n) is 5.36. The predicted octanol–water partition coefficient (Wildman–Crippen LogP) is 2.01. The molecule has 0 aliphatic carbocycles. The minimum Gasteiger partial charge on any atom is -0.313 e. The van der Waals surface area contributed by atoms with Crippen molar-refractivity contribution in [3.63, 3.8) is 0 Å². The second kappa shape index (κ2) is 4.81. The van der Waals surface area contributed by atoms with Gasteiger partial charge in [0.05, 0.1) is 0 Å². The molecule has 0 saturated carbocycles. The van der Waals surface area contributed by atoms with Crippen LogP contribution in [0.5, 0.6) is 0 Å². The zero-order chi connectivity index (χ0) is 10.7. The lowest BCUT2D eigenvalue weighted by molar-refractivity contribution is 0.220. The van der Waals surface area contributed by atoms with E-state index >= 15 is 0 Å². The normalized spacial score (nSPS) is 17.9. The van der Waals surface area contributed by atoms with E-state index in [2.05, 4.69) is 9.88 Å². The largest absolute Gasteiger partial charge is 0.313 e. The molecule has 2 rings (SSSR count). The lowest BCUT2D eigenvalue weighted by Crippen LogP contribution is -2.31. The Morgan fingerprint density at radius 2 is 2.00 bits per heavy atom. The molecule has 4 heteroatoms. The molecular weight excluding hydrogens is 212 g/mol. The fourth-order valence-electron chi connectivity index (χ4n) is 1.96. The van der Waals surface area contributed by atoms with E-state index in [1.807, 2.05) is 6.07 Å². The Morgan fingerprint density at radius 3 is 2.67 bits per heavy atom. The second-order valence-corrected chi connectivity index (χ2v) is 4.40. The first-order valence-corrected chi connectivity index (χ1v) is 5.73. The van der Waals surface area contributed by atoms with Crippen molar-refractivity contribution < 1.29 is 0 Å². The molecule has 0 aromatic carbocycles. The van der Waals surface area contributed by atoms with E-state index < -0.39 is 0 Å². The number of piperidine rings is 1. The van der Waals surface area contributed by atoms with Gasteiger partial charge in [0, 0.05) is 12.1 Å². The number of pyridine rings is 1.